The van der Waals surface area contributed by atoms with Crippen LogP contribution in [0.3, 0.4) is 0 Å². The van der Waals surface area contributed by atoms with Crippen LogP contribution < -0.4 is 21.1 Å². The van der Waals surface area contributed by atoms with E-state index in [9.17, 15) is 5.11 Å². The Labute approximate surface area is 241 Å². The second-order valence-electron chi connectivity index (χ2n) is 9.56. The van der Waals surface area contributed by atoms with E-state index in [4.69, 9.17) is 61.3 Å². The molecule has 10 heteroatoms. The highest BCUT2D eigenvalue weighted by Crippen LogP contribution is 2.40. The topological polar surface area (TPSA) is 127 Å². The van der Waals surface area contributed by atoms with Crippen molar-refractivity contribution >= 4 is 46.4 Å². The molecule has 1 unspecified atom stereocenters. The van der Waals surface area contributed by atoms with Crippen molar-refractivity contribution in [3.05, 3.63) is 103 Å². The van der Waals surface area contributed by atoms with Crippen LogP contribution in [0.25, 0.3) is 0 Å². The highest BCUT2D eigenvalue weighted by Gasteiger charge is 2.31. The van der Waals surface area contributed by atoms with E-state index in [1.54, 1.807) is 30.3 Å². The lowest BCUT2D eigenvalue weighted by atomic mass is 9.96. The zero-order valence-corrected chi connectivity index (χ0v) is 23.2. The van der Waals surface area contributed by atoms with E-state index >= 15 is 0 Å². The summed E-state index contributed by atoms with van der Waals surface area (Å²) in [6.07, 6.45) is 3.00. The summed E-state index contributed by atoms with van der Waals surface area (Å²) in [4.78, 5) is 0. The summed E-state index contributed by atoms with van der Waals surface area (Å²) < 4.78 is 12.3. The number of nitrogens with zero attached hydrogens (tertiary/aromatic N) is 1. The third kappa shape index (κ3) is 5.81. The van der Waals surface area contributed by atoms with Crippen molar-refractivity contribution in [1.82, 2.24) is 0 Å². The molecule has 0 bridgehead atoms. The van der Waals surface area contributed by atoms with Crippen LogP contribution in [0.5, 0.6) is 11.5 Å². The maximum absolute atomic E-state index is 10.9. The molecule has 1 saturated carbocycles. The van der Waals surface area contributed by atoms with Crippen LogP contribution in [0.4, 0.5) is 0 Å². The molecule has 1 fully saturated rings. The Hall–Kier alpha value is -3.39. The van der Waals surface area contributed by atoms with Gasteiger partial charge in [-0.05, 0) is 73.7 Å². The zero-order chi connectivity index (χ0) is 27.7. The van der Waals surface area contributed by atoms with Gasteiger partial charge in [0.25, 0.3) is 0 Å². The van der Waals surface area contributed by atoms with Crippen molar-refractivity contribution in [3.63, 3.8) is 0 Å². The summed E-state index contributed by atoms with van der Waals surface area (Å²) in [5.41, 5.74) is 9.20. The number of amidine groups is 1. The maximum Gasteiger partial charge on any atom is 0.150 e. The number of fused-ring (bicyclic) bond motifs is 1. The van der Waals surface area contributed by atoms with Crippen molar-refractivity contribution in [2.75, 3.05) is 6.61 Å². The van der Waals surface area contributed by atoms with Gasteiger partial charge in [0.1, 0.15) is 35.8 Å². The number of aliphatic hydroxyl groups is 1. The molecule has 7 nitrogen and oxygen atoms in total. The van der Waals surface area contributed by atoms with Crippen LogP contribution in [0.1, 0.15) is 47.6 Å². The van der Waals surface area contributed by atoms with Crippen LogP contribution in [0, 0.1) is 11.3 Å². The molecule has 0 amide bonds. The Morgan fingerprint density at radius 1 is 1.03 bits per heavy atom. The fraction of sp³-hybridized carbons (Fsp3) is 0.241. The molecule has 1 atom stereocenters. The third-order valence-electron chi connectivity index (χ3n) is 6.93. The van der Waals surface area contributed by atoms with Gasteiger partial charge in [-0.25, -0.2) is 0 Å². The number of hydrogen-bond acceptors (Lipinski definition) is 6. The van der Waals surface area contributed by atoms with Crippen molar-refractivity contribution < 1.29 is 14.6 Å². The summed E-state index contributed by atoms with van der Waals surface area (Å²) in [6, 6.07) is 16.1. The van der Waals surface area contributed by atoms with E-state index < -0.39 is 0 Å². The monoisotopic (exact) mass is 584 g/mol. The highest BCUT2D eigenvalue weighted by molar-refractivity contribution is 6.41. The van der Waals surface area contributed by atoms with Gasteiger partial charge in [-0.1, -0.05) is 46.9 Å². The number of aryl methyl sites for hydroxylation is 1. The van der Waals surface area contributed by atoms with Gasteiger partial charge in [0.05, 0.1) is 26.4 Å². The molecule has 3 aromatic rings. The first-order valence-electron chi connectivity index (χ1n) is 12.5. The second kappa shape index (κ2) is 11.4. The molecule has 0 spiro atoms. The van der Waals surface area contributed by atoms with Crippen molar-refractivity contribution in [1.29, 1.82) is 5.41 Å². The number of hydrogen-bond donors (Lipinski definition) is 4. The predicted molar refractivity (Wildman–Crippen MR) is 156 cm³/mol. The standard InChI is InChI=1S/C29H27Cl3N4O3/c30-21-2-1-3-22(31)26(21)27(33)20(28(37)15-4-5-15)14-38-18-8-9-19(23(32)13-18)25-11-6-16-12-17(29(34)36-35)7-10-24(16)39-25/h1-3,7-10,12-13,15,25,33,37H,4-6,11,14,35H2,(H2,34,36)/b28-20-,33-27?. The number of nitrogens with one attached hydrogen (secondary N) is 1. The molecule has 1 aliphatic heterocycles. The molecule has 202 valence electrons. The summed E-state index contributed by atoms with van der Waals surface area (Å²) >= 11 is 19.4. The molecular formula is C29H27Cl3N4O3. The van der Waals surface area contributed by atoms with E-state index in [1.165, 1.54) is 0 Å². The number of aliphatic hydroxyl groups excluding tert-OH is 1. The van der Waals surface area contributed by atoms with Crippen molar-refractivity contribution in [3.8, 4) is 11.5 Å². The molecule has 6 N–H and O–H groups in total. The minimum Gasteiger partial charge on any atom is -0.512 e. The Balaban J connectivity index is 1.32. The molecular weight excluding hydrogens is 559 g/mol. The number of benzene rings is 3. The minimum atomic E-state index is -0.227. The number of nitrogens with two attached hydrogens (primary N) is 2. The number of rotatable bonds is 8. The van der Waals surface area contributed by atoms with Crippen LogP contribution in [0.2, 0.25) is 15.1 Å². The van der Waals surface area contributed by atoms with Gasteiger partial charge in [0.2, 0.25) is 0 Å². The first-order valence-corrected chi connectivity index (χ1v) is 13.6. The number of hydrazone groups is 1. The van der Waals surface area contributed by atoms with Gasteiger partial charge in [-0.15, -0.1) is 0 Å². The van der Waals surface area contributed by atoms with Crippen LogP contribution in [0.15, 0.2) is 71.0 Å². The number of allylic oxidation sites excluding steroid dienone is 1. The Morgan fingerprint density at radius 2 is 1.77 bits per heavy atom. The summed E-state index contributed by atoms with van der Waals surface area (Å²) in [5.74, 6) is 6.98. The molecule has 0 aromatic heterocycles. The van der Waals surface area contributed by atoms with E-state index in [1.807, 2.05) is 24.3 Å². The molecule has 39 heavy (non-hydrogen) atoms. The minimum absolute atomic E-state index is 0.0117. The highest BCUT2D eigenvalue weighted by atomic mass is 35.5. The van der Waals surface area contributed by atoms with Gasteiger partial charge in [0, 0.05) is 22.6 Å². The Bertz CT molecular complexity index is 1480. The van der Waals surface area contributed by atoms with E-state index in [0.717, 1.165) is 48.1 Å². The zero-order valence-electron chi connectivity index (χ0n) is 20.9. The molecule has 5 rings (SSSR count). The smallest absolute Gasteiger partial charge is 0.150 e. The maximum atomic E-state index is 10.9. The lowest BCUT2D eigenvalue weighted by Gasteiger charge is -2.27. The molecule has 0 saturated heterocycles. The largest absolute Gasteiger partial charge is 0.512 e. The van der Waals surface area contributed by atoms with Gasteiger partial charge >= 0.3 is 0 Å². The molecule has 0 radical (unpaired) electrons. The van der Waals surface area contributed by atoms with Gasteiger partial charge in [0.15, 0.2) is 0 Å². The molecule has 3 aromatic carbocycles. The second-order valence-corrected chi connectivity index (χ2v) is 10.8. The lowest BCUT2D eigenvalue weighted by molar-refractivity contribution is 0.176. The molecule has 2 aliphatic rings. The average Bonchev–Trinajstić information content (AvgIpc) is 3.78. The fourth-order valence-electron chi connectivity index (χ4n) is 4.62. The van der Waals surface area contributed by atoms with Gasteiger partial charge < -0.3 is 26.2 Å². The quantitative estimate of drug-likeness (QED) is 0.0747. The van der Waals surface area contributed by atoms with Crippen LogP contribution in [-0.4, -0.2) is 23.3 Å². The van der Waals surface area contributed by atoms with Crippen LogP contribution in [-0.2, 0) is 6.42 Å². The molecule has 1 aliphatic carbocycles. The lowest BCUT2D eigenvalue weighted by Crippen LogP contribution is -2.19. The number of ether oxygens (including phenoxy) is 2. The van der Waals surface area contributed by atoms with E-state index in [-0.39, 0.29) is 35.9 Å². The van der Waals surface area contributed by atoms with E-state index in [0.29, 0.717) is 32.0 Å². The first-order chi connectivity index (χ1) is 18.8. The first kappa shape index (κ1) is 27.2. The SMILES string of the molecule is N=C(/C(COc1ccc(C2CCc3cc(/C(N)=N/N)ccc3O2)c(Cl)c1)=C(\O)C1CC1)c1c(Cl)cccc1Cl. The number of halogens is 3. The van der Waals surface area contributed by atoms with Crippen molar-refractivity contribution in [2.24, 2.45) is 22.6 Å². The molecule has 1 heterocycles. The van der Waals surface area contributed by atoms with Gasteiger partial charge in [-0.3, -0.25) is 5.41 Å². The normalized spacial score (nSPS) is 17.6. The van der Waals surface area contributed by atoms with E-state index in [2.05, 4.69) is 5.10 Å². The van der Waals surface area contributed by atoms with Crippen molar-refractivity contribution in [2.45, 2.75) is 31.8 Å². The fourth-order valence-corrected chi connectivity index (χ4v) is 5.50. The summed E-state index contributed by atoms with van der Waals surface area (Å²) in [6.45, 7) is -0.0384. The third-order valence-corrected chi connectivity index (χ3v) is 7.89. The van der Waals surface area contributed by atoms with Gasteiger partial charge in [-0.2, -0.15) is 5.10 Å². The van der Waals surface area contributed by atoms with Crippen LogP contribution >= 0.6 is 34.8 Å². The average molecular weight is 586 g/mol. The predicted octanol–water partition coefficient (Wildman–Crippen LogP) is 6.96. The summed E-state index contributed by atoms with van der Waals surface area (Å²) in [5, 5.41) is 24.4. The summed E-state index contributed by atoms with van der Waals surface area (Å²) in [7, 11) is 0. The Kier molecular flexibility index (Phi) is 7.93. The Morgan fingerprint density at radius 3 is 2.44 bits per heavy atom.